The number of likely N-dealkylation sites (tertiary alicyclic amines) is 2. The number of hydrogen-bond acceptors (Lipinski definition) is 10. The molecule has 0 bridgehead atoms. The summed E-state index contributed by atoms with van der Waals surface area (Å²) in [4.78, 5) is 36.7. The van der Waals surface area contributed by atoms with E-state index in [0.29, 0.717) is 95.2 Å². The van der Waals surface area contributed by atoms with Crippen molar-refractivity contribution in [1.82, 2.24) is 19.8 Å². The number of aromatic nitrogens is 2. The Hall–Kier alpha value is -5.97. The van der Waals surface area contributed by atoms with Gasteiger partial charge in [0.15, 0.2) is 5.58 Å². The average Bonchev–Trinajstić information content (AvgIpc) is 3.92. The lowest BCUT2D eigenvalue weighted by atomic mass is 9.91. The summed E-state index contributed by atoms with van der Waals surface area (Å²) in [6, 6.07) is 22.7. The Balaban J connectivity index is 1.03. The Labute approximate surface area is 369 Å². The van der Waals surface area contributed by atoms with E-state index in [2.05, 4.69) is 35.0 Å². The number of piperidine rings is 1. The van der Waals surface area contributed by atoms with Crippen LogP contribution in [-0.4, -0.2) is 67.6 Å². The van der Waals surface area contributed by atoms with Crippen molar-refractivity contribution in [3.8, 4) is 40.1 Å². The third kappa shape index (κ3) is 9.27. The Morgan fingerprint density at radius 3 is 2.37 bits per heavy atom. The second-order valence-corrected chi connectivity index (χ2v) is 16.9. The van der Waals surface area contributed by atoms with Crippen LogP contribution < -0.4 is 9.47 Å². The van der Waals surface area contributed by atoms with E-state index in [9.17, 15) is 25.1 Å². The van der Waals surface area contributed by atoms with Crippen molar-refractivity contribution in [3.63, 3.8) is 0 Å². The lowest BCUT2D eigenvalue weighted by Gasteiger charge is -2.33. The number of nitrogens with zero attached hydrogens (tertiary/aromatic N) is 5. The molecule has 6 aromatic rings. The molecule has 62 heavy (non-hydrogen) atoms. The van der Waals surface area contributed by atoms with Crippen LogP contribution in [0.5, 0.6) is 11.5 Å². The molecular formula is C48H45Cl2N5O7. The van der Waals surface area contributed by atoms with Crippen molar-refractivity contribution in [2.75, 3.05) is 19.6 Å². The molecule has 14 heteroatoms. The van der Waals surface area contributed by atoms with Crippen molar-refractivity contribution in [2.24, 2.45) is 5.92 Å². The molecule has 0 radical (unpaired) electrons. The van der Waals surface area contributed by atoms with E-state index in [-0.39, 0.29) is 19.1 Å². The molecule has 2 fully saturated rings. The molecule has 2 saturated heterocycles. The van der Waals surface area contributed by atoms with E-state index < -0.39 is 18.0 Å². The number of rotatable bonds is 14. The molecule has 2 aliphatic rings. The smallest absolute Gasteiger partial charge is 0.320 e. The van der Waals surface area contributed by atoms with Crippen LogP contribution in [-0.2, 0) is 35.9 Å². The van der Waals surface area contributed by atoms with Crippen LogP contribution >= 0.6 is 23.2 Å². The van der Waals surface area contributed by atoms with Crippen LogP contribution in [0.4, 0.5) is 0 Å². The first kappa shape index (κ1) is 42.7. The van der Waals surface area contributed by atoms with Gasteiger partial charge in [0.1, 0.15) is 42.3 Å². The fourth-order valence-electron chi connectivity index (χ4n) is 8.55. The van der Waals surface area contributed by atoms with E-state index in [1.54, 1.807) is 24.4 Å². The summed E-state index contributed by atoms with van der Waals surface area (Å²) >= 11 is 13.6. The van der Waals surface area contributed by atoms with Gasteiger partial charge in [0.05, 0.1) is 21.5 Å². The Bertz CT molecular complexity index is 2710. The minimum Gasteiger partial charge on any atom is -0.488 e. The third-order valence-corrected chi connectivity index (χ3v) is 12.5. The van der Waals surface area contributed by atoms with Crippen LogP contribution in [0.2, 0.25) is 10.0 Å². The molecule has 0 saturated carbocycles. The fourth-order valence-corrected chi connectivity index (χ4v) is 9.06. The normalized spacial score (nSPS) is 17.0. The fraction of sp³-hybridized carbons (Fsp3) is 0.312. The monoisotopic (exact) mass is 873 g/mol. The average molecular weight is 875 g/mol. The summed E-state index contributed by atoms with van der Waals surface area (Å²) in [6.07, 6.45) is 6.08. The van der Waals surface area contributed by atoms with Gasteiger partial charge in [-0.3, -0.25) is 24.4 Å². The number of halogens is 2. The van der Waals surface area contributed by atoms with Crippen LogP contribution in [0, 0.1) is 31.1 Å². The molecule has 0 amide bonds. The number of carboxylic acid groups (broad SMARTS) is 2. The van der Waals surface area contributed by atoms with Crippen molar-refractivity contribution < 1.29 is 33.7 Å². The second kappa shape index (κ2) is 18.6. The van der Waals surface area contributed by atoms with Crippen molar-refractivity contribution in [3.05, 3.63) is 128 Å². The Morgan fingerprint density at radius 2 is 1.60 bits per heavy atom. The second-order valence-electron chi connectivity index (χ2n) is 16.1. The van der Waals surface area contributed by atoms with Gasteiger partial charge in [-0.2, -0.15) is 5.26 Å². The molecule has 8 rings (SSSR count). The van der Waals surface area contributed by atoms with Gasteiger partial charge in [0, 0.05) is 54.8 Å². The van der Waals surface area contributed by atoms with Crippen LogP contribution in [0.25, 0.3) is 33.7 Å². The van der Waals surface area contributed by atoms with Crippen molar-refractivity contribution in [1.29, 1.82) is 5.26 Å². The van der Waals surface area contributed by atoms with Gasteiger partial charge in [-0.25, -0.2) is 4.98 Å². The van der Waals surface area contributed by atoms with Crippen LogP contribution in [0.3, 0.4) is 0 Å². The largest absolute Gasteiger partial charge is 0.488 e. The summed E-state index contributed by atoms with van der Waals surface area (Å²) in [6.45, 7) is 7.19. The molecule has 318 valence electrons. The number of fused-ring (bicyclic) bond motifs is 1. The highest BCUT2D eigenvalue weighted by Gasteiger charge is 2.30. The van der Waals surface area contributed by atoms with Gasteiger partial charge in [0.25, 0.3) is 0 Å². The number of benzene rings is 4. The molecular weight excluding hydrogens is 829 g/mol. The number of nitriles is 1. The van der Waals surface area contributed by atoms with E-state index in [0.717, 1.165) is 57.3 Å². The molecule has 2 aliphatic heterocycles. The number of pyridine rings is 1. The zero-order valence-corrected chi connectivity index (χ0v) is 35.9. The Morgan fingerprint density at radius 1 is 0.823 bits per heavy atom. The molecule has 2 atom stereocenters. The number of oxazole rings is 1. The number of hydrogen-bond donors (Lipinski definition) is 2. The predicted molar refractivity (Wildman–Crippen MR) is 235 cm³/mol. The molecule has 2 N–H and O–H groups in total. The minimum atomic E-state index is -0.851. The van der Waals surface area contributed by atoms with Crippen molar-refractivity contribution >= 4 is 46.2 Å². The SMILES string of the molecule is Cc1c(COc2cc(OCc3cncc(C#N)c3)c(CN3CCCC[C@H]3C(=O)O)cc2Cl)cccc1-c1cccc(-c2nc3cc(CN4CC[C@@H](C(=O)O)C4)cc(Cl)c3o2)c1C. The van der Waals surface area contributed by atoms with Crippen LogP contribution in [0.15, 0.2) is 83.5 Å². The maximum Gasteiger partial charge on any atom is 0.320 e. The van der Waals surface area contributed by atoms with Gasteiger partial charge in [-0.15, -0.1) is 0 Å². The first-order valence-corrected chi connectivity index (χ1v) is 21.3. The van der Waals surface area contributed by atoms with Gasteiger partial charge >= 0.3 is 11.9 Å². The molecule has 0 unspecified atom stereocenters. The molecule has 2 aromatic heterocycles. The lowest BCUT2D eigenvalue weighted by molar-refractivity contribution is -0.145. The first-order chi connectivity index (χ1) is 29.9. The molecule has 4 heterocycles. The maximum absolute atomic E-state index is 12.1. The van der Waals surface area contributed by atoms with E-state index in [1.165, 1.54) is 6.20 Å². The van der Waals surface area contributed by atoms with Gasteiger partial charge in [0.2, 0.25) is 5.89 Å². The highest BCUT2D eigenvalue weighted by molar-refractivity contribution is 6.34. The molecule has 0 aliphatic carbocycles. The molecule has 4 aromatic carbocycles. The van der Waals surface area contributed by atoms with E-state index in [4.69, 9.17) is 42.1 Å². The van der Waals surface area contributed by atoms with E-state index >= 15 is 0 Å². The summed E-state index contributed by atoms with van der Waals surface area (Å²) in [7, 11) is 0. The summed E-state index contributed by atoms with van der Waals surface area (Å²) in [5.74, 6) is -0.615. The third-order valence-electron chi connectivity index (χ3n) is 11.9. The molecule has 0 spiro atoms. The molecule has 12 nitrogen and oxygen atoms in total. The van der Waals surface area contributed by atoms with Gasteiger partial charge in [-0.1, -0.05) is 60.0 Å². The summed E-state index contributed by atoms with van der Waals surface area (Å²) in [5.41, 5.74) is 9.72. The summed E-state index contributed by atoms with van der Waals surface area (Å²) in [5, 5.41) is 29.6. The number of aliphatic carboxylic acids is 2. The highest BCUT2D eigenvalue weighted by atomic mass is 35.5. The zero-order chi connectivity index (χ0) is 43.5. The predicted octanol–water partition coefficient (Wildman–Crippen LogP) is 9.86. The number of ether oxygens (including phenoxy) is 2. The standard InChI is InChI=1S/C48H45Cl2N5O7/c1-28-34(27-61-44-19-43(60-26-32-15-31(20-51)21-52-22-32)35(18-39(44)49)25-55-13-4-3-11-42(55)48(58)59)7-5-8-36(28)37-9-6-10-38(29(37)2)46-53-41-17-30(16-40(50)45(41)62-46)23-54-14-12-33(24-54)47(56)57/h5-10,15-19,21-22,33,42H,3-4,11-14,23-27H2,1-2H3,(H,56,57)(H,58,59)/t33-,42+/m1/s1. The number of carbonyl (C=O) groups is 2. The quantitative estimate of drug-likeness (QED) is 0.107. The lowest BCUT2D eigenvalue weighted by Crippen LogP contribution is -2.44. The Kier molecular flexibility index (Phi) is 12.8. The summed E-state index contributed by atoms with van der Waals surface area (Å²) < 4.78 is 19.0. The highest BCUT2D eigenvalue weighted by Crippen LogP contribution is 2.39. The number of carboxylic acids is 2. The topological polar surface area (TPSA) is 162 Å². The van der Waals surface area contributed by atoms with Crippen molar-refractivity contribution in [2.45, 2.75) is 71.9 Å². The zero-order valence-electron chi connectivity index (χ0n) is 34.4. The first-order valence-electron chi connectivity index (χ1n) is 20.6. The van der Waals surface area contributed by atoms with Gasteiger partial charge < -0.3 is 24.1 Å². The minimum absolute atomic E-state index is 0.130. The van der Waals surface area contributed by atoms with Gasteiger partial charge in [-0.05, 0) is 110 Å². The maximum atomic E-state index is 12.1. The van der Waals surface area contributed by atoms with Crippen LogP contribution in [0.1, 0.15) is 64.6 Å². The van der Waals surface area contributed by atoms with E-state index in [1.807, 2.05) is 48.2 Å².